The molecule has 0 N–H and O–H groups in total. The van der Waals surface area contributed by atoms with Crippen molar-refractivity contribution in [2.24, 2.45) is 11.8 Å². The second-order valence-corrected chi connectivity index (χ2v) is 7.56. The number of nitrogens with zero attached hydrogens (tertiary/aromatic N) is 6. The predicted octanol–water partition coefficient (Wildman–Crippen LogP) is 3.60. The number of aromatic nitrogens is 2. The molecule has 1 aliphatic rings. The van der Waals surface area contributed by atoms with Crippen molar-refractivity contribution >= 4 is 11.4 Å². The van der Waals surface area contributed by atoms with Crippen LogP contribution in [0.15, 0.2) is 36.9 Å². The molecule has 1 saturated carbocycles. The molecule has 2 aromatic heterocycles. The van der Waals surface area contributed by atoms with Gasteiger partial charge in [-0.15, -0.1) is 0 Å². The average molecular weight is 374 g/mol. The van der Waals surface area contributed by atoms with Crippen molar-refractivity contribution in [3.63, 3.8) is 0 Å². The third-order valence-electron chi connectivity index (χ3n) is 5.49. The molecule has 0 radical (unpaired) electrons. The summed E-state index contributed by atoms with van der Waals surface area (Å²) in [5.74, 6) is 1.49. The van der Waals surface area contributed by atoms with Gasteiger partial charge < -0.3 is 9.80 Å². The van der Waals surface area contributed by atoms with Gasteiger partial charge in [-0.1, -0.05) is 6.92 Å². The number of rotatable bonds is 9. The summed E-state index contributed by atoms with van der Waals surface area (Å²) in [6, 6.07) is 8.31. The minimum absolute atomic E-state index is 0.602. The van der Waals surface area contributed by atoms with Crippen LogP contribution in [0.5, 0.6) is 0 Å². The van der Waals surface area contributed by atoms with E-state index in [4.69, 9.17) is 0 Å². The van der Waals surface area contributed by atoms with Crippen LogP contribution in [-0.2, 0) is 0 Å². The maximum Gasteiger partial charge on any atom is 0.103 e. The minimum atomic E-state index is 0.602. The van der Waals surface area contributed by atoms with Crippen molar-refractivity contribution < 1.29 is 0 Å². The quantitative estimate of drug-likeness (QED) is 0.624. The van der Waals surface area contributed by atoms with Crippen LogP contribution < -0.4 is 9.80 Å². The molecule has 0 aliphatic heterocycles. The first-order chi connectivity index (χ1) is 13.6. The Hall–Kier alpha value is -3.12. The van der Waals surface area contributed by atoms with E-state index in [1.807, 2.05) is 19.2 Å². The van der Waals surface area contributed by atoms with E-state index in [0.29, 0.717) is 11.1 Å². The van der Waals surface area contributed by atoms with E-state index in [0.717, 1.165) is 55.7 Å². The maximum absolute atomic E-state index is 9.43. The molecule has 1 fully saturated rings. The average Bonchev–Trinajstić information content (AvgIpc) is 3.44. The lowest BCUT2D eigenvalue weighted by Crippen LogP contribution is -2.29. The largest absolute Gasteiger partial charge is 0.373 e. The van der Waals surface area contributed by atoms with Gasteiger partial charge in [0.2, 0.25) is 0 Å². The number of unbranched alkanes of at least 4 members (excludes halogenated alkanes) is 1. The van der Waals surface area contributed by atoms with Crippen LogP contribution in [0.2, 0.25) is 0 Å². The lowest BCUT2D eigenvalue weighted by Gasteiger charge is -2.26. The summed E-state index contributed by atoms with van der Waals surface area (Å²) in [6.45, 7) is 5.07. The highest BCUT2D eigenvalue weighted by molar-refractivity contribution is 5.58. The highest BCUT2D eigenvalue weighted by Gasteiger charge is 2.34. The summed E-state index contributed by atoms with van der Waals surface area (Å²) in [6.07, 6.45) is 10.0. The summed E-state index contributed by atoms with van der Waals surface area (Å²) in [5, 5.41) is 18.7. The molecule has 3 rings (SSSR count). The molecule has 2 unspecified atom stereocenters. The van der Waals surface area contributed by atoms with Gasteiger partial charge >= 0.3 is 0 Å². The third-order valence-corrected chi connectivity index (χ3v) is 5.49. The Morgan fingerprint density at radius 3 is 2.18 bits per heavy atom. The van der Waals surface area contributed by atoms with Crippen LogP contribution in [0.4, 0.5) is 11.4 Å². The van der Waals surface area contributed by atoms with E-state index < -0.39 is 0 Å². The summed E-state index contributed by atoms with van der Waals surface area (Å²) in [4.78, 5) is 12.6. The summed E-state index contributed by atoms with van der Waals surface area (Å²) < 4.78 is 0. The molecule has 6 heteroatoms. The third kappa shape index (κ3) is 4.78. The standard InChI is InChI=1S/C22H26N6/c1-17-11-18(17)16-28(22-6-8-26-15-20(22)13-24)10-4-3-9-27(2)21-5-7-25-14-19(21)12-23/h5-8,14-15,17-18H,3-4,9-11,16H2,1-2H3. The van der Waals surface area contributed by atoms with Crippen molar-refractivity contribution in [1.29, 1.82) is 10.5 Å². The number of hydrogen-bond acceptors (Lipinski definition) is 6. The highest BCUT2D eigenvalue weighted by atomic mass is 15.1. The summed E-state index contributed by atoms with van der Waals surface area (Å²) in [5.41, 5.74) is 3.15. The number of anilines is 2. The smallest absolute Gasteiger partial charge is 0.103 e. The summed E-state index contributed by atoms with van der Waals surface area (Å²) >= 11 is 0. The Kier molecular flexibility index (Phi) is 6.45. The molecule has 28 heavy (non-hydrogen) atoms. The van der Waals surface area contributed by atoms with Crippen LogP contribution in [-0.4, -0.2) is 36.6 Å². The Bertz CT molecular complexity index is 881. The van der Waals surface area contributed by atoms with Crippen molar-refractivity contribution in [3.8, 4) is 12.1 Å². The molecule has 0 aromatic carbocycles. The first-order valence-electron chi connectivity index (χ1n) is 9.78. The molecular formula is C22H26N6. The van der Waals surface area contributed by atoms with Gasteiger partial charge in [-0.2, -0.15) is 10.5 Å². The lowest BCUT2D eigenvalue weighted by atomic mass is 10.1. The predicted molar refractivity (Wildman–Crippen MR) is 110 cm³/mol. The van der Waals surface area contributed by atoms with E-state index >= 15 is 0 Å². The number of pyridine rings is 2. The fourth-order valence-electron chi connectivity index (χ4n) is 3.57. The van der Waals surface area contributed by atoms with E-state index in [1.165, 1.54) is 6.42 Å². The number of hydrogen-bond donors (Lipinski definition) is 0. The van der Waals surface area contributed by atoms with Crippen molar-refractivity contribution in [3.05, 3.63) is 48.0 Å². The Balaban J connectivity index is 1.58. The van der Waals surface area contributed by atoms with E-state index in [-0.39, 0.29) is 0 Å². The Morgan fingerprint density at radius 2 is 1.57 bits per heavy atom. The molecule has 2 heterocycles. The lowest BCUT2D eigenvalue weighted by molar-refractivity contribution is 0.638. The van der Waals surface area contributed by atoms with Crippen LogP contribution in [0.1, 0.15) is 37.3 Å². The Labute approximate surface area is 167 Å². The van der Waals surface area contributed by atoms with E-state index in [2.05, 4.69) is 38.8 Å². The molecule has 2 atom stereocenters. The first-order valence-corrected chi connectivity index (χ1v) is 9.78. The van der Waals surface area contributed by atoms with Crippen LogP contribution >= 0.6 is 0 Å². The van der Waals surface area contributed by atoms with Gasteiger partial charge in [0.1, 0.15) is 12.1 Å². The molecule has 2 aromatic rings. The monoisotopic (exact) mass is 374 g/mol. The normalized spacial score (nSPS) is 17.4. The SMILES string of the molecule is CC1CC1CN(CCCCN(C)c1ccncc1C#N)c1ccncc1C#N. The second kappa shape index (κ2) is 9.19. The van der Waals surface area contributed by atoms with Gasteiger partial charge in [0.15, 0.2) is 0 Å². The number of nitriles is 2. The minimum Gasteiger partial charge on any atom is -0.373 e. The van der Waals surface area contributed by atoms with Crippen molar-refractivity contribution in [2.45, 2.75) is 26.2 Å². The van der Waals surface area contributed by atoms with Gasteiger partial charge in [0.25, 0.3) is 0 Å². The maximum atomic E-state index is 9.43. The molecule has 0 amide bonds. The van der Waals surface area contributed by atoms with Gasteiger partial charge in [0.05, 0.1) is 22.5 Å². The van der Waals surface area contributed by atoms with Crippen LogP contribution in [0.3, 0.4) is 0 Å². The highest BCUT2D eigenvalue weighted by Crippen LogP contribution is 2.39. The molecule has 0 saturated heterocycles. The zero-order valence-electron chi connectivity index (χ0n) is 16.5. The first kappa shape index (κ1) is 19.6. The van der Waals surface area contributed by atoms with Gasteiger partial charge in [-0.25, -0.2) is 0 Å². The van der Waals surface area contributed by atoms with Crippen molar-refractivity contribution in [2.75, 3.05) is 36.5 Å². The van der Waals surface area contributed by atoms with Crippen molar-refractivity contribution in [1.82, 2.24) is 9.97 Å². The van der Waals surface area contributed by atoms with E-state index in [1.54, 1.807) is 24.8 Å². The zero-order valence-corrected chi connectivity index (χ0v) is 16.5. The zero-order chi connectivity index (χ0) is 19.9. The molecule has 1 aliphatic carbocycles. The molecule has 0 spiro atoms. The Morgan fingerprint density at radius 1 is 1.00 bits per heavy atom. The molecule has 0 bridgehead atoms. The van der Waals surface area contributed by atoms with Gasteiger partial charge in [-0.05, 0) is 43.2 Å². The van der Waals surface area contributed by atoms with Crippen LogP contribution in [0.25, 0.3) is 0 Å². The van der Waals surface area contributed by atoms with Gasteiger partial charge in [-0.3, -0.25) is 9.97 Å². The fraction of sp³-hybridized carbons (Fsp3) is 0.455. The summed E-state index contributed by atoms with van der Waals surface area (Å²) in [7, 11) is 2.01. The molecule has 6 nitrogen and oxygen atoms in total. The van der Waals surface area contributed by atoms with Gasteiger partial charge in [0, 0.05) is 51.5 Å². The fourth-order valence-corrected chi connectivity index (χ4v) is 3.57. The topological polar surface area (TPSA) is 79.8 Å². The molecular weight excluding hydrogens is 348 g/mol. The van der Waals surface area contributed by atoms with Crippen LogP contribution in [0, 0.1) is 34.5 Å². The van der Waals surface area contributed by atoms with E-state index in [9.17, 15) is 10.5 Å². The second-order valence-electron chi connectivity index (χ2n) is 7.56. The molecule has 144 valence electrons.